The van der Waals surface area contributed by atoms with Gasteiger partial charge in [-0.25, -0.2) is 4.98 Å². The van der Waals surface area contributed by atoms with Crippen molar-refractivity contribution in [3.05, 3.63) is 113 Å². The van der Waals surface area contributed by atoms with Crippen molar-refractivity contribution in [2.75, 3.05) is 16.0 Å². The number of pyridine rings is 2. The van der Waals surface area contributed by atoms with E-state index in [1.165, 1.54) is 0 Å². The largest absolute Gasteiger partial charge is 0.355 e. The van der Waals surface area contributed by atoms with Crippen LogP contribution in [0.1, 0.15) is 16.1 Å². The summed E-state index contributed by atoms with van der Waals surface area (Å²) in [6, 6.07) is 26.1. The van der Waals surface area contributed by atoms with E-state index >= 15 is 0 Å². The molecule has 2 aromatic heterocycles. The molecule has 0 unspecified atom stereocenters. The van der Waals surface area contributed by atoms with Gasteiger partial charge in [-0.3, -0.25) is 9.78 Å². The Bertz CT molecular complexity index is 1550. The van der Waals surface area contributed by atoms with Gasteiger partial charge in [-0.2, -0.15) is 0 Å². The van der Waals surface area contributed by atoms with Gasteiger partial charge in [0.2, 0.25) is 0 Å². The van der Waals surface area contributed by atoms with E-state index in [-0.39, 0.29) is 11.1 Å². The summed E-state index contributed by atoms with van der Waals surface area (Å²) in [4.78, 5) is 21.3. The van der Waals surface area contributed by atoms with Crippen molar-refractivity contribution in [2.24, 2.45) is 0 Å². The third-order valence-corrected chi connectivity index (χ3v) is 6.28. The van der Waals surface area contributed by atoms with Crippen molar-refractivity contribution < 1.29 is 4.79 Å². The van der Waals surface area contributed by atoms with Gasteiger partial charge in [-0.15, -0.1) is 0 Å². The van der Waals surface area contributed by atoms with Gasteiger partial charge in [0.1, 0.15) is 10.2 Å². The highest BCUT2D eigenvalue weighted by Crippen LogP contribution is 2.37. The van der Waals surface area contributed by atoms with E-state index in [0.29, 0.717) is 22.0 Å². The normalized spacial score (nSPS) is 10.8. The lowest BCUT2D eigenvalue weighted by molar-refractivity contribution is 0.102. The monoisotopic (exact) mass is 513 g/mol. The third kappa shape index (κ3) is 5.25. The minimum atomic E-state index is -0.197. The molecule has 3 N–H and O–H groups in total. The number of aryl methyl sites for hydroxylation is 1. The van der Waals surface area contributed by atoms with Crippen LogP contribution in [0, 0.1) is 6.92 Å². The summed E-state index contributed by atoms with van der Waals surface area (Å²) in [5.74, 6) is -0.197. The molecule has 0 radical (unpaired) electrons. The first-order chi connectivity index (χ1) is 17.5. The van der Waals surface area contributed by atoms with Crippen LogP contribution in [0.5, 0.6) is 0 Å². The molecule has 0 bridgehead atoms. The molecule has 178 valence electrons. The molecule has 0 fully saturated rings. The van der Waals surface area contributed by atoms with Crippen LogP contribution in [0.25, 0.3) is 10.9 Å². The number of carbonyl (C=O) groups excluding carboxylic acids is 1. The summed E-state index contributed by atoms with van der Waals surface area (Å²) >= 11 is 12.7. The van der Waals surface area contributed by atoms with E-state index in [2.05, 4.69) is 25.9 Å². The number of amides is 1. The summed E-state index contributed by atoms with van der Waals surface area (Å²) in [7, 11) is 0. The highest BCUT2D eigenvalue weighted by molar-refractivity contribution is 6.44. The number of hydrogen-bond acceptors (Lipinski definition) is 5. The van der Waals surface area contributed by atoms with Crippen molar-refractivity contribution in [3.63, 3.8) is 0 Å². The second kappa shape index (κ2) is 10.2. The molecular formula is C28H21Cl2N5O. The van der Waals surface area contributed by atoms with Gasteiger partial charge < -0.3 is 16.0 Å². The summed E-state index contributed by atoms with van der Waals surface area (Å²) in [6.45, 7) is 1.94. The fourth-order valence-corrected chi connectivity index (χ4v) is 4.14. The van der Waals surface area contributed by atoms with Crippen LogP contribution in [0.3, 0.4) is 0 Å². The van der Waals surface area contributed by atoms with E-state index in [9.17, 15) is 4.79 Å². The first kappa shape index (κ1) is 23.6. The summed E-state index contributed by atoms with van der Waals surface area (Å²) in [5, 5.41) is 11.0. The summed E-state index contributed by atoms with van der Waals surface area (Å²) < 4.78 is 0. The van der Waals surface area contributed by atoms with E-state index in [1.54, 1.807) is 18.3 Å². The molecular weight excluding hydrogens is 493 g/mol. The van der Waals surface area contributed by atoms with Gasteiger partial charge in [0.05, 0.1) is 11.2 Å². The van der Waals surface area contributed by atoms with Gasteiger partial charge in [0.15, 0.2) is 0 Å². The molecule has 0 saturated carbocycles. The van der Waals surface area contributed by atoms with E-state index in [4.69, 9.17) is 23.2 Å². The lowest BCUT2D eigenvalue weighted by Gasteiger charge is -2.13. The number of hydrogen-bond donors (Lipinski definition) is 3. The quantitative estimate of drug-likeness (QED) is 0.200. The molecule has 2 heterocycles. The SMILES string of the molecule is Cc1cc(Nc2ccc(C(=O)Nc3ccc(Nc4c(Cl)c(Cl)nc5ccccc45)cc3)cc2)ccn1. The first-order valence-electron chi connectivity index (χ1n) is 11.2. The minimum absolute atomic E-state index is 0.197. The molecule has 0 aliphatic heterocycles. The van der Waals surface area contributed by atoms with Gasteiger partial charge in [0.25, 0.3) is 5.91 Å². The Kier molecular flexibility index (Phi) is 6.71. The Morgan fingerprint density at radius 3 is 2.19 bits per heavy atom. The summed E-state index contributed by atoms with van der Waals surface area (Å²) in [6.07, 6.45) is 1.75. The standard InChI is InChI=1S/C28H21Cl2N5O/c1-17-16-22(14-15-31-17)32-19-8-6-18(7-9-19)28(36)34-21-12-10-20(11-13-21)33-26-23-4-2-3-5-24(23)35-27(30)25(26)29/h2-16H,1H3,(H,31,32)(H,33,35)(H,34,36). The van der Waals surface area contributed by atoms with Gasteiger partial charge >= 0.3 is 0 Å². The predicted octanol–water partition coefficient (Wildman–Crippen LogP) is 7.98. The molecule has 0 saturated heterocycles. The average Bonchev–Trinajstić information content (AvgIpc) is 2.88. The lowest BCUT2D eigenvalue weighted by Crippen LogP contribution is -2.11. The second-order valence-electron chi connectivity index (χ2n) is 8.15. The topological polar surface area (TPSA) is 78.9 Å². The van der Waals surface area contributed by atoms with Crippen molar-refractivity contribution in [1.82, 2.24) is 9.97 Å². The Labute approximate surface area is 218 Å². The van der Waals surface area contributed by atoms with Gasteiger partial charge in [0, 0.05) is 45.6 Å². The van der Waals surface area contributed by atoms with Crippen LogP contribution in [0.15, 0.2) is 91.1 Å². The van der Waals surface area contributed by atoms with Crippen molar-refractivity contribution >= 4 is 68.4 Å². The first-order valence-corrected chi connectivity index (χ1v) is 11.9. The van der Waals surface area contributed by atoms with Crippen LogP contribution in [-0.2, 0) is 0 Å². The molecule has 1 amide bonds. The van der Waals surface area contributed by atoms with Crippen molar-refractivity contribution in [2.45, 2.75) is 6.92 Å². The van der Waals surface area contributed by atoms with Crippen LogP contribution >= 0.6 is 23.2 Å². The lowest BCUT2D eigenvalue weighted by atomic mass is 10.1. The number of benzene rings is 3. The number of rotatable bonds is 6. The molecule has 5 rings (SSSR count). The number of para-hydroxylation sites is 1. The molecule has 8 heteroatoms. The predicted molar refractivity (Wildman–Crippen MR) is 148 cm³/mol. The van der Waals surface area contributed by atoms with Crippen molar-refractivity contribution in [3.8, 4) is 0 Å². The molecule has 0 spiro atoms. The number of fused-ring (bicyclic) bond motifs is 1. The molecule has 5 aromatic rings. The number of nitrogens with one attached hydrogen (secondary N) is 3. The fraction of sp³-hybridized carbons (Fsp3) is 0.0357. The van der Waals surface area contributed by atoms with Crippen LogP contribution in [0.2, 0.25) is 10.2 Å². The molecule has 3 aromatic carbocycles. The zero-order valence-electron chi connectivity index (χ0n) is 19.2. The number of nitrogens with zero attached hydrogens (tertiary/aromatic N) is 2. The zero-order valence-corrected chi connectivity index (χ0v) is 20.7. The third-order valence-electron chi connectivity index (χ3n) is 5.54. The number of halogens is 2. The highest BCUT2D eigenvalue weighted by atomic mass is 35.5. The van der Waals surface area contributed by atoms with Gasteiger partial charge in [-0.1, -0.05) is 41.4 Å². The van der Waals surface area contributed by atoms with Crippen LogP contribution in [0.4, 0.5) is 28.4 Å². The second-order valence-corrected chi connectivity index (χ2v) is 8.89. The van der Waals surface area contributed by atoms with Crippen LogP contribution < -0.4 is 16.0 Å². The molecule has 0 aliphatic rings. The number of aromatic nitrogens is 2. The molecule has 6 nitrogen and oxygen atoms in total. The Balaban J connectivity index is 1.26. The number of anilines is 5. The number of carbonyl (C=O) groups is 1. The van der Waals surface area contributed by atoms with E-state index in [1.807, 2.05) is 79.7 Å². The Morgan fingerprint density at radius 1 is 0.778 bits per heavy atom. The Hall–Kier alpha value is -4.13. The van der Waals surface area contributed by atoms with Crippen molar-refractivity contribution in [1.29, 1.82) is 0 Å². The average molecular weight is 514 g/mol. The maximum atomic E-state index is 12.7. The molecule has 36 heavy (non-hydrogen) atoms. The Morgan fingerprint density at radius 2 is 1.44 bits per heavy atom. The molecule has 0 atom stereocenters. The maximum Gasteiger partial charge on any atom is 0.255 e. The van der Waals surface area contributed by atoms with Gasteiger partial charge in [-0.05, 0) is 73.7 Å². The van der Waals surface area contributed by atoms with E-state index < -0.39 is 0 Å². The minimum Gasteiger partial charge on any atom is -0.355 e. The van der Waals surface area contributed by atoms with E-state index in [0.717, 1.165) is 33.7 Å². The fourth-order valence-electron chi connectivity index (χ4n) is 3.76. The maximum absolute atomic E-state index is 12.7. The summed E-state index contributed by atoms with van der Waals surface area (Å²) in [5.41, 5.74) is 6.20. The zero-order chi connectivity index (χ0) is 25.1. The molecule has 0 aliphatic carbocycles. The smallest absolute Gasteiger partial charge is 0.255 e. The highest BCUT2D eigenvalue weighted by Gasteiger charge is 2.13. The van der Waals surface area contributed by atoms with Crippen LogP contribution in [-0.4, -0.2) is 15.9 Å².